The lowest BCUT2D eigenvalue weighted by atomic mass is 9.81. The molecule has 1 aliphatic rings. The molecule has 2 aromatic rings. The van der Waals surface area contributed by atoms with Crippen LogP contribution in [0.3, 0.4) is 0 Å². The molecule has 1 N–H and O–H groups in total. The van der Waals surface area contributed by atoms with Crippen LogP contribution in [0.1, 0.15) is 19.3 Å². The highest BCUT2D eigenvalue weighted by Crippen LogP contribution is 2.35. The zero-order valence-electron chi connectivity index (χ0n) is 13.3. The Balaban J connectivity index is 1.57. The van der Waals surface area contributed by atoms with Crippen molar-refractivity contribution in [3.05, 3.63) is 18.6 Å². The predicted octanol–water partition coefficient (Wildman–Crippen LogP) is 2.24. The first kappa shape index (κ1) is 17.1. The van der Waals surface area contributed by atoms with E-state index in [4.69, 9.17) is 0 Å². The lowest BCUT2D eigenvalue weighted by molar-refractivity contribution is 0.144. The standard InChI is InChI=1S/C15H20F2N4O2S/c1-21(15-12-2-4-18-14(12)19-9-20-15)11-6-10(7-11)8-24(22,23)5-3-13(16)17/h2,4,9-11,13H,3,5-8H2,1H3,(H,18,19,20). The van der Waals surface area contributed by atoms with Crippen LogP contribution in [0.5, 0.6) is 0 Å². The van der Waals surface area contributed by atoms with Crippen LogP contribution in [0.4, 0.5) is 14.6 Å². The Bertz CT molecular complexity index is 803. The second-order valence-electron chi connectivity index (χ2n) is 6.33. The molecule has 0 bridgehead atoms. The maximum atomic E-state index is 12.2. The summed E-state index contributed by atoms with van der Waals surface area (Å²) >= 11 is 0. The van der Waals surface area contributed by atoms with E-state index >= 15 is 0 Å². The highest BCUT2D eigenvalue weighted by atomic mass is 32.2. The van der Waals surface area contributed by atoms with Crippen molar-refractivity contribution < 1.29 is 17.2 Å². The summed E-state index contributed by atoms with van der Waals surface area (Å²) < 4.78 is 48.0. The monoisotopic (exact) mass is 358 g/mol. The number of aromatic nitrogens is 3. The number of rotatable bonds is 7. The average Bonchev–Trinajstić information content (AvgIpc) is 2.96. The van der Waals surface area contributed by atoms with Crippen molar-refractivity contribution in [3.63, 3.8) is 0 Å². The fourth-order valence-electron chi connectivity index (χ4n) is 3.18. The van der Waals surface area contributed by atoms with E-state index in [-0.39, 0.29) is 17.7 Å². The van der Waals surface area contributed by atoms with Crippen LogP contribution in [0.15, 0.2) is 18.6 Å². The number of fused-ring (bicyclic) bond motifs is 1. The van der Waals surface area contributed by atoms with Crippen LogP contribution >= 0.6 is 0 Å². The van der Waals surface area contributed by atoms with Gasteiger partial charge in [-0.25, -0.2) is 27.2 Å². The zero-order chi connectivity index (χ0) is 17.3. The van der Waals surface area contributed by atoms with Crippen LogP contribution in [-0.4, -0.2) is 54.4 Å². The van der Waals surface area contributed by atoms with Gasteiger partial charge >= 0.3 is 0 Å². The first-order chi connectivity index (χ1) is 11.4. The van der Waals surface area contributed by atoms with Gasteiger partial charge in [-0.1, -0.05) is 0 Å². The summed E-state index contributed by atoms with van der Waals surface area (Å²) in [6.07, 6.45) is 1.60. The zero-order valence-corrected chi connectivity index (χ0v) is 14.1. The Kier molecular flexibility index (Phi) is 4.71. The number of aromatic amines is 1. The molecule has 24 heavy (non-hydrogen) atoms. The second-order valence-corrected chi connectivity index (χ2v) is 8.56. The number of anilines is 1. The van der Waals surface area contributed by atoms with Crippen molar-refractivity contribution in [2.45, 2.75) is 31.7 Å². The van der Waals surface area contributed by atoms with E-state index in [0.29, 0.717) is 0 Å². The highest BCUT2D eigenvalue weighted by Gasteiger charge is 2.36. The average molecular weight is 358 g/mol. The van der Waals surface area contributed by atoms with Crippen LogP contribution in [0.2, 0.25) is 0 Å². The van der Waals surface area contributed by atoms with E-state index in [1.807, 2.05) is 18.0 Å². The number of halogens is 2. The first-order valence-corrected chi connectivity index (χ1v) is 9.67. The Labute approximate surface area is 139 Å². The van der Waals surface area contributed by atoms with Crippen molar-refractivity contribution in [2.75, 3.05) is 23.5 Å². The number of hydrogen-bond donors (Lipinski definition) is 1. The summed E-state index contributed by atoms with van der Waals surface area (Å²) in [5.74, 6) is 0.402. The number of nitrogens with one attached hydrogen (secondary N) is 1. The van der Waals surface area contributed by atoms with Crippen molar-refractivity contribution >= 4 is 26.7 Å². The van der Waals surface area contributed by atoms with Crippen molar-refractivity contribution in [1.82, 2.24) is 15.0 Å². The molecule has 0 atom stereocenters. The molecule has 1 fully saturated rings. The van der Waals surface area contributed by atoms with Gasteiger partial charge in [0.15, 0.2) is 9.84 Å². The summed E-state index contributed by atoms with van der Waals surface area (Å²) in [6, 6.07) is 2.11. The van der Waals surface area contributed by atoms with Gasteiger partial charge in [-0.05, 0) is 24.8 Å². The summed E-state index contributed by atoms with van der Waals surface area (Å²) in [5.41, 5.74) is 0.761. The Morgan fingerprint density at radius 1 is 1.38 bits per heavy atom. The highest BCUT2D eigenvalue weighted by molar-refractivity contribution is 7.91. The lowest BCUT2D eigenvalue weighted by Gasteiger charge is -2.41. The molecule has 0 aliphatic heterocycles. The molecule has 0 saturated heterocycles. The van der Waals surface area contributed by atoms with Crippen LogP contribution in [0.25, 0.3) is 11.0 Å². The molecule has 0 spiro atoms. The van der Waals surface area contributed by atoms with E-state index in [0.717, 1.165) is 29.7 Å². The third kappa shape index (κ3) is 3.66. The third-order valence-corrected chi connectivity index (χ3v) is 6.40. The van der Waals surface area contributed by atoms with Gasteiger partial charge in [0.2, 0.25) is 6.43 Å². The molecule has 0 amide bonds. The van der Waals surface area contributed by atoms with E-state index in [1.54, 1.807) is 6.20 Å². The SMILES string of the molecule is CN(c1ncnc2[nH]ccc12)C1CC(CS(=O)(=O)CCC(F)F)C1. The molecule has 0 aromatic carbocycles. The minimum atomic E-state index is -3.41. The van der Waals surface area contributed by atoms with E-state index < -0.39 is 28.4 Å². The topological polar surface area (TPSA) is 79.0 Å². The Morgan fingerprint density at radius 2 is 2.12 bits per heavy atom. The molecule has 9 heteroatoms. The smallest absolute Gasteiger partial charge is 0.239 e. The van der Waals surface area contributed by atoms with Crippen LogP contribution in [-0.2, 0) is 9.84 Å². The Hall–Kier alpha value is -1.77. The van der Waals surface area contributed by atoms with Gasteiger partial charge in [0.25, 0.3) is 0 Å². The van der Waals surface area contributed by atoms with Gasteiger partial charge in [-0.3, -0.25) is 0 Å². The minimum absolute atomic E-state index is 0.00655. The molecule has 0 unspecified atom stereocenters. The fraction of sp³-hybridized carbons (Fsp3) is 0.600. The van der Waals surface area contributed by atoms with Gasteiger partial charge in [0.05, 0.1) is 16.9 Å². The molecule has 0 radical (unpaired) electrons. The third-order valence-electron chi connectivity index (χ3n) is 4.56. The molecule has 2 heterocycles. The number of nitrogens with zero attached hydrogens (tertiary/aromatic N) is 3. The quantitative estimate of drug-likeness (QED) is 0.821. The Morgan fingerprint density at radius 3 is 2.83 bits per heavy atom. The molecule has 3 rings (SSSR count). The van der Waals surface area contributed by atoms with Crippen molar-refractivity contribution in [3.8, 4) is 0 Å². The molecule has 1 aliphatic carbocycles. The summed E-state index contributed by atoms with van der Waals surface area (Å²) in [4.78, 5) is 13.6. The molecular formula is C15H20F2N4O2S. The maximum Gasteiger partial charge on any atom is 0.239 e. The van der Waals surface area contributed by atoms with E-state index in [9.17, 15) is 17.2 Å². The van der Waals surface area contributed by atoms with Gasteiger partial charge < -0.3 is 9.88 Å². The predicted molar refractivity (Wildman–Crippen MR) is 88.1 cm³/mol. The number of alkyl halides is 2. The van der Waals surface area contributed by atoms with Gasteiger partial charge in [0.1, 0.15) is 17.8 Å². The van der Waals surface area contributed by atoms with Crippen LogP contribution < -0.4 is 4.90 Å². The molecule has 1 saturated carbocycles. The van der Waals surface area contributed by atoms with Crippen molar-refractivity contribution in [1.29, 1.82) is 0 Å². The number of H-pyrrole nitrogens is 1. The first-order valence-electron chi connectivity index (χ1n) is 7.85. The summed E-state index contributed by atoms with van der Waals surface area (Å²) in [7, 11) is -1.47. The molecule has 2 aromatic heterocycles. The second kappa shape index (κ2) is 6.62. The van der Waals surface area contributed by atoms with E-state index in [2.05, 4.69) is 15.0 Å². The largest absolute Gasteiger partial charge is 0.356 e. The number of hydrogen-bond acceptors (Lipinski definition) is 5. The summed E-state index contributed by atoms with van der Waals surface area (Å²) in [6.45, 7) is 0. The van der Waals surface area contributed by atoms with Crippen LogP contribution in [0, 0.1) is 5.92 Å². The summed E-state index contributed by atoms with van der Waals surface area (Å²) in [5, 5.41) is 0.924. The normalized spacial score (nSPS) is 21.2. The lowest BCUT2D eigenvalue weighted by Crippen LogP contribution is -2.45. The maximum absolute atomic E-state index is 12.2. The van der Waals surface area contributed by atoms with E-state index in [1.165, 1.54) is 6.33 Å². The molecular weight excluding hydrogens is 338 g/mol. The van der Waals surface area contributed by atoms with Crippen molar-refractivity contribution in [2.24, 2.45) is 5.92 Å². The number of sulfone groups is 1. The van der Waals surface area contributed by atoms with Gasteiger partial charge in [0, 0.05) is 25.7 Å². The minimum Gasteiger partial charge on any atom is -0.356 e. The molecule has 6 nitrogen and oxygen atoms in total. The fourth-order valence-corrected chi connectivity index (χ4v) is 4.87. The van der Waals surface area contributed by atoms with Gasteiger partial charge in [-0.15, -0.1) is 0 Å². The molecule has 132 valence electrons. The van der Waals surface area contributed by atoms with Gasteiger partial charge in [-0.2, -0.15) is 0 Å².